The van der Waals surface area contributed by atoms with Crippen LogP contribution in [0.1, 0.15) is 25.7 Å². The first-order chi connectivity index (χ1) is 5.02. The number of hydrogen-bond acceptors (Lipinski definition) is 1. The van der Waals surface area contributed by atoms with E-state index in [1.54, 1.807) is 0 Å². The molecule has 1 fully saturated rings. The Morgan fingerprint density at radius 3 is 2.18 bits per heavy atom. The molecule has 1 nitrogen and oxygen atoms in total. The van der Waals surface area contributed by atoms with Gasteiger partial charge in [-0.3, -0.25) is 0 Å². The maximum absolute atomic E-state index is 12.6. The van der Waals surface area contributed by atoms with Crippen LogP contribution in [0.4, 0.5) is 8.78 Å². The van der Waals surface area contributed by atoms with E-state index in [1.165, 1.54) is 0 Å². The Labute approximate surface area is 72.9 Å². The quantitative estimate of drug-likeness (QED) is 0.685. The van der Waals surface area contributed by atoms with Gasteiger partial charge in [0, 0.05) is 0 Å². The minimum atomic E-state index is -2.90. The third-order valence-electron chi connectivity index (χ3n) is 2.15. The maximum atomic E-state index is 12.6. The maximum Gasteiger partial charge on any atom is 0.306 e. The third-order valence-corrected chi connectivity index (χ3v) is 2.74. The van der Waals surface area contributed by atoms with Crippen molar-refractivity contribution in [2.45, 2.75) is 36.6 Å². The van der Waals surface area contributed by atoms with Crippen LogP contribution >= 0.6 is 15.9 Å². The fourth-order valence-electron chi connectivity index (χ4n) is 1.49. The van der Waals surface area contributed by atoms with E-state index in [0.717, 1.165) is 12.8 Å². The number of aliphatic hydroxyl groups excluding tert-OH is 1. The molecule has 0 heterocycles. The van der Waals surface area contributed by atoms with Crippen LogP contribution in [0.2, 0.25) is 0 Å². The molecule has 0 aromatic heterocycles. The standard InChI is InChI=1S/C7H11BrF2O/c8-7(9,10)5-3-1-2-4-6(5)11/h5-6,11H,1-4H2/t5-,6-/m1/s1. The zero-order valence-electron chi connectivity index (χ0n) is 6.06. The van der Waals surface area contributed by atoms with E-state index in [2.05, 4.69) is 15.9 Å². The summed E-state index contributed by atoms with van der Waals surface area (Å²) in [6.45, 7) is 0. The molecule has 0 amide bonds. The molecule has 1 rings (SSSR count). The summed E-state index contributed by atoms with van der Waals surface area (Å²) in [7, 11) is 0. The fourth-order valence-corrected chi connectivity index (χ4v) is 2.03. The molecular formula is C7H11BrF2O. The second kappa shape index (κ2) is 3.35. The Morgan fingerprint density at radius 1 is 1.27 bits per heavy atom. The molecule has 0 spiro atoms. The van der Waals surface area contributed by atoms with Crippen LogP contribution < -0.4 is 0 Å². The van der Waals surface area contributed by atoms with E-state index in [1.807, 2.05) is 0 Å². The predicted molar refractivity (Wildman–Crippen MR) is 41.8 cm³/mol. The van der Waals surface area contributed by atoms with Gasteiger partial charge in [0.25, 0.3) is 0 Å². The Hall–Kier alpha value is 0.300. The molecule has 4 heteroatoms. The van der Waals surface area contributed by atoms with Crippen LogP contribution in [0.3, 0.4) is 0 Å². The lowest BCUT2D eigenvalue weighted by Gasteiger charge is -2.30. The molecule has 0 radical (unpaired) electrons. The Morgan fingerprint density at radius 2 is 1.82 bits per heavy atom. The van der Waals surface area contributed by atoms with Crippen LogP contribution in [-0.2, 0) is 0 Å². The van der Waals surface area contributed by atoms with Crippen molar-refractivity contribution in [3.8, 4) is 0 Å². The summed E-state index contributed by atoms with van der Waals surface area (Å²) >= 11 is 2.29. The van der Waals surface area contributed by atoms with Crippen LogP contribution in [-0.4, -0.2) is 16.0 Å². The third kappa shape index (κ3) is 2.37. The van der Waals surface area contributed by atoms with Crippen molar-refractivity contribution >= 4 is 15.9 Å². The summed E-state index contributed by atoms with van der Waals surface area (Å²) in [6, 6.07) is 0. The summed E-state index contributed by atoms with van der Waals surface area (Å²) in [4.78, 5) is -2.90. The number of aliphatic hydroxyl groups is 1. The molecule has 1 aliphatic rings. The zero-order valence-corrected chi connectivity index (χ0v) is 7.65. The van der Waals surface area contributed by atoms with Crippen LogP contribution in [0.25, 0.3) is 0 Å². The van der Waals surface area contributed by atoms with Crippen molar-refractivity contribution in [2.24, 2.45) is 5.92 Å². The first-order valence-corrected chi connectivity index (χ1v) is 4.56. The van der Waals surface area contributed by atoms with E-state index in [9.17, 15) is 13.9 Å². The van der Waals surface area contributed by atoms with Crippen molar-refractivity contribution in [1.82, 2.24) is 0 Å². The molecule has 1 saturated carbocycles. The highest BCUT2D eigenvalue weighted by Crippen LogP contribution is 2.40. The smallest absolute Gasteiger partial charge is 0.306 e. The molecular weight excluding hydrogens is 218 g/mol. The summed E-state index contributed by atoms with van der Waals surface area (Å²) < 4.78 is 25.2. The van der Waals surface area contributed by atoms with Crippen LogP contribution in [0.5, 0.6) is 0 Å². The van der Waals surface area contributed by atoms with Crippen molar-refractivity contribution < 1.29 is 13.9 Å². The minimum absolute atomic E-state index is 0.416. The fraction of sp³-hybridized carbons (Fsp3) is 1.00. The van der Waals surface area contributed by atoms with Crippen LogP contribution in [0.15, 0.2) is 0 Å². The monoisotopic (exact) mass is 228 g/mol. The molecule has 0 aliphatic heterocycles. The van der Waals surface area contributed by atoms with E-state index < -0.39 is 16.9 Å². The predicted octanol–water partition coefficient (Wildman–Crippen LogP) is 2.53. The number of hydrogen-bond donors (Lipinski definition) is 1. The molecule has 1 aliphatic carbocycles. The summed E-state index contributed by atoms with van der Waals surface area (Å²) in [5.41, 5.74) is 0. The topological polar surface area (TPSA) is 20.2 Å². The average molecular weight is 229 g/mol. The van der Waals surface area contributed by atoms with Crippen molar-refractivity contribution in [2.75, 3.05) is 0 Å². The molecule has 2 atom stereocenters. The van der Waals surface area contributed by atoms with Gasteiger partial charge in [-0.25, -0.2) is 0 Å². The molecule has 0 unspecified atom stereocenters. The molecule has 0 aromatic rings. The molecule has 0 bridgehead atoms. The first kappa shape index (κ1) is 9.39. The van der Waals surface area contributed by atoms with Crippen molar-refractivity contribution in [3.05, 3.63) is 0 Å². The van der Waals surface area contributed by atoms with Gasteiger partial charge in [-0.1, -0.05) is 12.8 Å². The number of rotatable bonds is 1. The molecule has 1 N–H and O–H groups in total. The summed E-state index contributed by atoms with van der Waals surface area (Å²) in [6.07, 6.45) is 1.74. The van der Waals surface area contributed by atoms with E-state index in [-0.39, 0.29) is 0 Å². The molecule has 0 saturated heterocycles. The Kier molecular flexibility index (Phi) is 2.86. The van der Waals surface area contributed by atoms with Crippen molar-refractivity contribution in [1.29, 1.82) is 0 Å². The van der Waals surface area contributed by atoms with Gasteiger partial charge in [-0.2, -0.15) is 8.78 Å². The second-order valence-electron chi connectivity index (χ2n) is 3.00. The highest BCUT2D eigenvalue weighted by molar-refractivity contribution is 9.10. The van der Waals surface area contributed by atoms with E-state index in [4.69, 9.17) is 0 Å². The minimum Gasteiger partial charge on any atom is -0.393 e. The number of alkyl halides is 3. The Bertz CT molecular complexity index is 135. The Balaban J connectivity index is 2.55. The second-order valence-corrected chi connectivity index (χ2v) is 4.06. The van der Waals surface area contributed by atoms with Gasteiger partial charge >= 0.3 is 4.83 Å². The largest absolute Gasteiger partial charge is 0.393 e. The SMILES string of the molecule is O[C@@H]1CCCC[C@H]1C(F)(F)Br. The van der Waals surface area contributed by atoms with Gasteiger partial charge in [0.1, 0.15) is 0 Å². The molecule has 0 aromatic carbocycles. The van der Waals surface area contributed by atoms with Gasteiger partial charge in [-0.05, 0) is 28.8 Å². The summed E-state index contributed by atoms with van der Waals surface area (Å²) in [5.74, 6) is -0.892. The van der Waals surface area contributed by atoms with E-state index in [0.29, 0.717) is 12.8 Å². The molecule has 11 heavy (non-hydrogen) atoms. The van der Waals surface area contributed by atoms with Gasteiger partial charge in [0.15, 0.2) is 0 Å². The first-order valence-electron chi connectivity index (χ1n) is 3.76. The number of halogens is 3. The lowest BCUT2D eigenvalue weighted by atomic mass is 9.87. The highest BCUT2D eigenvalue weighted by Gasteiger charge is 2.42. The van der Waals surface area contributed by atoms with Gasteiger partial charge < -0.3 is 5.11 Å². The van der Waals surface area contributed by atoms with Crippen molar-refractivity contribution in [3.63, 3.8) is 0 Å². The normalized spacial score (nSPS) is 33.8. The highest BCUT2D eigenvalue weighted by atomic mass is 79.9. The van der Waals surface area contributed by atoms with Gasteiger partial charge in [-0.15, -0.1) is 0 Å². The van der Waals surface area contributed by atoms with Gasteiger partial charge in [0.05, 0.1) is 12.0 Å². The van der Waals surface area contributed by atoms with Crippen LogP contribution in [0, 0.1) is 5.92 Å². The van der Waals surface area contributed by atoms with E-state index >= 15 is 0 Å². The zero-order chi connectivity index (χ0) is 8.48. The molecule has 66 valence electrons. The lowest BCUT2D eigenvalue weighted by molar-refractivity contribution is -0.0484. The lowest BCUT2D eigenvalue weighted by Crippen LogP contribution is -2.35. The summed E-state index contributed by atoms with van der Waals surface area (Å²) in [5, 5.41) is 9.19. The average Bonchev–Trinajstić information content (AvgIpc) is 1.86. The van der Waals surface area contributed by atoms with Gasteiger partial charge in [0.2, 0.25) is 0 Å².